The lowest BCUT2D eigenvalue weighted by atomic mass is 10.3. The molecule has 0 atom stereocenters. The Morgan fingerprint density at radius 3 is 2.94 bits per heavy atom. The molecule has 16 heavy (non-hydrogen) atoms. The zero-order valence-electron chi connectivity index (χ0n) is 9.21. The van der Waals surface area contributed by atoms with Crippen LogP contribution < -0.4 is 10.5 Å². The van der Waals surface area contributed by atoms with E-state index in [1.54, 1.807) is 17.1 Å². The maximum atomic E-state index is 5.65. The molecule has 0 aliphatic heterocycles. The van der Waals surface area contributed by atoms with Gasteiger partial charge in [-0.2, -0.15) is 5.10 Å². The summed E-state index contributed by atoms with van der Waals surface area (Å²) in [7, 11) is 0. The third-order valence-corrected chi connectivity index (χ3v) is 2.22. The number of hydrogen-bond acceptors (Lipinski definition) is 5. The second-order valence-corrected chi connectivity index (χ2v) is 3.32. The topological polar surface area (TPSA) is 78.8 Å². The highest BCUT2D eigenvalue weighted by molar-refractivity contribution is 5.44. The number of anilines is 1. The minimum atomic E-state index is 0.424. The van der Waals surface area contributed by atoms with E-state index in [2.05, 4.69) is 15.1 Å². The normalized spacial score (nSPS) is 10.4. The van der Waals surface area contributed by atoms with Gasteiger partial charge in [0.2, 0.25) is 5.88 Å². The van der Waals surface area contributed by atoms with Crippen molar-refractivity contribution >= 4 is 5.82 Å². The summed E-state index contributed by atoms with van der Waals surface area (Å²) in [6.45, 7) is 4.62. The highest BCUT2D eigenvalue weighted by atomic mass is 16.5. The van der Waals surface area contributed by atoms with E-state index in [9.17, 15) is 0 Å². The first-order valence-electron chi connectivity index (χ1n) is 4.98. The van der Waals surface area contributed by atoms with Gasteiger partial charge in [-0.25, -0.2) is 9.97 Å². The van der Waals surface area contributed by atoms with Gasteiger partial charge >= 0.3 is 0 Å². The smallest absolute Gasteiger partial charge is 0.227 e. The van der Waals surface area contributed by atoms with Crippen LogP contribution in [0.25, 0.3) is 0 Å². The van der Waals surface area contributed by atoms with E-state index < -0.39 is 0 Å². The van der Waals surface area contributed by atoms with Crippen molar-refractivity contribution in [3.05, 3.63) is 24.3 Å². The Hall–Kier alpha value is -2.11. The number of nitrogens with two attached hydrogens (primary N) is 1. The Balaban J connectivity index is 2.23. The average Bonchev–Trinajstić information content (AvgIpc) is 2.73. The number of hydrogen-bond donors (Lipinski definition) is 1. The van der Waals surface area contributed by atoms with Gasteiger partial charge in [-0.05, 0) is 13.8 Å². The van der Waals surface area contributed by atoms with Gasteiger partial charge in [0.25, 0.3) is 0 Å². The number of nitrogen functional groups attached to an aromatic ring is 1. The molecule has 0 bridgehead atoms. The summed E-state index contributed by atoms with van der Waals surface area (Å²) in [5.74, 6) is 1.53. The standard InChI is InChI=1S/C10H13N5O/c1-3-15-5-8(4-14-15)16-10-7(2)9(11)12-6-13-10/h4-6H,3H2,1-2H3,(H2,11,12,13). The van der Waals surface area contributed by atoms with Crippen molar-refractivity contribution in [1.82, 2.24) is 19.7 Å². The summed E-state index contributed by atoms with van der Waals surface area (Å²) in [6.07, 6.45) is 4.82. The second-order valence-electron chi connectivity index (χ2n) is 3.32. The van der Waals surface area contributed by atoms with Crippen LogP contribution in [0, 0.1) is 6.92 Å². The molecule has 0 saturated carbocycles. The lowest BCUT2D eigenvalue weighted by Crippen LogP contribution is -1.98. The van der Waals surface area contributed by atoms with Crippen molar-refractivity contribution in [3.8, 4) is 11.6 Å². The molecule has 0 unspecified atom stereocenters. The Labute approximate surface area is 93.1 Å². The molecule has 0 saturated heterocycles. The number of aromatic nitrogens is 4. The largest absolute Gasteiger partial charge is 0.435 e. The Morgan fingerprint density at radius 1 is 1.44 bits per heavy atom. The summed E-state index contributed by atoms with van der Waals surface area (Å²) < 4.78 is 7.33. The van der Waals surface area contributed by atoms with Crippen LogP contribution in [0.1, 0.15) is 12.5 Å². The molecule has 2 N–H and O–H groups in total. The summed E-state index contributed by atoms with van der Waals surface area (Å²) in [4.78, 5) is 7.89. The molecule has 0 aliphatic carbocycles. The Bertz CT molecular complexity index is 494. The monoisotopic (exact) mass is 219 g/mol. The van der Waals surface area contributed by atoms with E-state index in [1.165, 1.54) is 6.33 Å². The molecule has 2 heterocycles. The fraction of sp³-hybridized carbons (Fsp3) is 0.300. The van der Waals surface area contributed by atoms with E-state index >= 15 is 0 Å². The van der Waals surface area contributed by atoms with Crippen LogP contribution in [0.2, 0.25) is 0 Å². The van der Waals surface area contributed by atoms with E-state index in [0.29, 0.717) is 17.4 Å². The van der Waals surface area contributed by atoms with Crippen LogP contribution in [-0.4, -0.2) is 19.7 Å². The third kappa shape index (κ3) is 1.95. The molecule has 0 aliphatic rings. The molecule has 0 amide bonds. The highest BCUT2D eigenvalue weighted by Gasteiger charge is 2.07. The van der Waals surface area contributed by atoms with Gasteiger partial charge in [0, 0.05) is 6.54 Å². The third-order valence-electron chi connectivity index (χ3n) is 2.22. The van der Waals surface area contributed by atoms with Crippen LogP contribution in [0.3, 0.4) is 0 Å². The molecule has 0 fully saturated rings. The maximum Gasteiger partial charge on any atom is 0.227 e. The molecular formula is C10H13N5O. The number of nitrogens with zero attached hydrogens (tertiary/aromatic N) is 4. The lowest BCUT2D eigenvalue weighted by Gasteiger charge is -2.05. The van der Waals surface area contributed by atoms with Gasteiger partial charge in [-0.15, -0.1) is 0 Å². The van der Waals surface area contributed by atoms with E-state index in [-0.39, 0.29) is 0 Å². The molecule has 6 heteroatoms. The van der Waals surface area contributed by atoms with Gasteiger partial charge < -0.3 is 10.5 Å². The molecule has 84 valence electrons. The van der Waals surface area contributed by atoms with Crippen molar-refractivity contribution in [1.29, 1.82) is 0 Å². The average molecular weight is 219 g/mol. The van der Waals surface area contributed by atoms with Crippen molar-refractivity contribution in [3.63, 3.8) is 0 Å². The van der Waals surface area contributed by atoms with Crippen molar-refractivity contribution in [2.45, 2.75) is 20.4 Å². The Kier molecular flexibility index (Phi) is 2.72. The number of aryl methyl sites for hydroxylation is 1. The molecule has 0 radical (unpaired) electrons. The zero-order chi connectivity index (χ0) is 11.5. The van der Waals surface area contributed by atoms with Crippen LogP contribution in [-0.2, 0) is 6.54 Å². The van der Waals surface area contributed by atoms with Gasteiger partial charge in [-0.3, -0.25) is 4.68 Å². The first-order chi connectivity index (χ1) is 7.70. The molecule has 2 rings (SSSR count). The fourth-order valence-electron chi connectivity index (χ4n) is 1.23. The highest BCUT2D eigenvalue weighted by Crippen LogP contribution is 2.23. The quantitative estimate of drug-likeness (QED) is 0.843. The van der Waals surface area contributed by atoms with E-state index in [4.69, 9.17) is 10.5 Å². The zero-order valence-corrected chi connectivity index (χ0v) is 9.21. The predicted molar refractivity (Wildman–Crippen MR) is 59.2 cm³/mol. The van der Waals surface area contributed by atoms with E-state index in [0.717, 1.165) is 12.1 Å². The maximum absolute atomic E-state index is 5.65. The van der Waals surface area contributed by atoms with Crippen LogP contribution in [0.4, 0.5) is 5.82 Å². The van der Waals surface area contributed by atoms with Crippen molar-refractivity contribution < 1.29 is 4.74 Å². The fourth-order valence-corrected chi connectivity index (χ4v) is 1.23. The first kappa shape index (κ1) is 10.4. The van der Waals surface area contributed by atoms with Crippen molar-refractivity contribution in [2.75, 3.05) is 5.73 Å². The van der Waals surface area contributed by atoms with Crippen LogP contribution >= 0.6 is 0 Å². The minimum absolute atomic E-state index is 0.424. The molecule has 0 aromatic carbocycles. The SMILES string of the molecule is CCn1cc(Oc2ncnc(N)c2C)cn1. The molecule has 2 aromatic rings. The van der Waals surface area contributed by atoms with Gasteiger partial charge in [0.1, 0.15) is 12.1 Å². The van der Waals surface area contributed by atoms with Gasteiger partial charge in [0.05, 0.1) is 18.0 Å². The van der Waals surface area contributed by atoms with Crippen molar-refractivity contribution in [2.24, 2.45) is 0 Å². The predicted octanol–water partition coefficient (Wildman–Crippen LogP) is 1.38. The van der Waals surface area contributed by atoms with Crippen LogP contribution in [0.5, 0.6) is 11.6 Å². The number of rotatable bonds is 3. The summed E-state index contributed by atoms with van der Waals surface area (Å²) in [5.41, 5.74) is 6.38. The van der Waals surface area contributed by atoms with Gasteiger partial charge in [0.15, 0.2) is 5.75 Å². The minimum Gasteiger partial charge on any atom is -0.435 e. The molecule has 2 aromatic heterocycles. The molecule has 0 spiro atoms. The Morgan fingerprint density at radius 2 is 2.25 bits per heavy atom. The lowest BCUT2D eigenvalue weighted by molar-refractivity contribution is 0.457. The summed E-state index contributed by atoms with van der Waals surface area (Å²) in [5, 5.41) is 4.10. The van der Waals surface area contributed by atoms with Gasteiger partial charge in [-0.1, -0.05) is 0 Å². The molecule has 6 nitrogen and oxygen atoms in total. The second kappa shape index (κ2) is 4.18. The summed E-state index contributed by atoms with van der Waals surface area (Å²) in [6, 6.07) is 0. The first-order valence-corrected chi connectivity index (χ1v) is 4.98. The van der Waals surface area contributed by atoms with E-state index in [1.807, 2.05) is 13.8 Å². The molecular weight excluding hydrogens is 206 g/mol. The number of ether oxygens (including phenoxy) is 1. The van der Waals surface area contributed by atoms with Crippen LogP contribution in [0.15, 0.2) is 18.7 Å². The summed E-state index contributed by atoms with van der Waals surface area (Å²) >= 11 is 0.